The number of carbonyl (C=O) groups excluding carboxylic acids is 2. The molecule has 0 unspecified atom stereocenters. The van der Waals surface area contributed by atoms with Crippen LogP contribution in [0, 0.1) is 11.3 Å². The molecule has 1 aromatic heterocycles. The number of pyridine rings is 1. The molecule has 1 saturated heterocycles. The molecule has 2 saturated carbocycles. The molecule has 2 aliphatic carbocycles. The first-order chi connectivity index (χ1) is 12.9. The third-order valence-corrected chi connectivity index (χ3v) is 6.61. The van der Waals surface area contributed by atoms with Crippen LogP contribution in [-0.4, -0.2) is 46.8 Å². The highest BCUT2D eigenvalue weighted by Crippen LogP contribution is 2.50. The SMILES string of the molecule is O=C(N[C@@H]1CCC1(F)F)[C@H]1CCC[C@@]12CCN(C(=O)Cc1ccccn1)C2. The Hall–Kier alpha value is -2.05. The van der Waals surface area contributed by atoms with E-state index in [-0.39, 0.29) is 36.0 Å². The normalized spacial score (nSPS) is 31.7. The van der Waals surface area contributed by atoms with Crippen LogP contribution in [0.15, 0.2) is 24.4 Å². The van der Waals surface area contributed by atoms with E-state index in [0.717, 1.165) is 25.0 Å². The number of aromatic nitrogens is 1. The van der Waals surface area contributed by atoms with E-state index >= 15 is 0 Å². The molecule has 3 atom stereocenters. The van der Waals surface area contributed by atoms with Crippen LogP contribution in [0.2, 0.25) is 0 Å². The molecular formula is C20H25F2N3O2. The smallest absolute Gasteiger partial charge is 0.267 e. The van der Waals surface area contributed by atoms with Crippen LogP contribution in [0.3, 0.4) is 0 Å². The third kappa shape index (κ3) is 3.44. The van der Waals surface area contributed by atoms with Gasteiger partial charge in [0, 0.05) is 42.7 Å². The van der Waals surface area contributed by atoms with Gasteiger partial charge in [0.2, 0.25) is 11.8 Å². The fraction of sp³-hybridized carbons (Fsp3) is 0.650. The fourth-order valence-electron chi connectivity index (χ4n) is 4.87. The second kappa shape index (κ2) is 6.84. The molecule has 1 aromatic rings. The number of hydrogen-bond acceptors (Lipinski definition) is 3. The van der Waals surface area contributed by atoms with Gasteiger partial charge in [-0.2, -0.15) is 0 Å². The summed E-state index contributed by atoms with van der Waals surface area (Å²) in [5.41, 5.74) is 0.472. The molecule has 0 aromatic carbocycles. The Morgan fingerprint density at radius 3 is 2.74 bits per heavy atom. The minimum Gasteiger partial charge on any atom is -0.347 e. The molecule has 0 bridgehead atoms. The molecular weight excluding hydrogens is 352 g/mol. The van der Waals surface area contributed by atoms with Crippen LogP contribution in [0.5, 0.6) is 0 Å². The van der Waals surface area contributed by atoms with Gasteiger partial charge in [-0.15, -0.1) is 0 Å². The number of hydrogen-bond donors (Lipinski definition) is 1. The first-order valence-corrected chi connectivity index (χ1v) is 9.76. The summed E-state index contributed by atoms with van der Waals surface area (Å²) in [5.74, 6) is -3.29. The van der Waals surface area contributed by atoms with Crippen molar-refractivity contribution >= 4 is 11.8 Å². The standard InChI is InChI=1S/C20H25F2N3O2/c21-20(22)8-6-16(20)24-18(27)15-5-3-7-19(15)9-11-25(13-19)17(26)12-14-4-1-2-10-23-14/h1-2,4,10,15-16H,3,5-9,11-13H2,(H,24,27)/t15-,16-,19+/m1/s1. The zero-order chi connectivity index (χ0) is 19.1. The maximum atomic E-state index is 13.5. The zero-order valence-electron chi connectivity index (χ0n) is 15.3. The number of amides is 2. The summed E-state index contributed by atoms with van der Waals surface area (Å²) < 4.78 is 27.0. The van der Waals surface area contributed by atoms with E-state index in [1.165, 1.54) is 0 Å². The van der Waals surface area contributed by atoms with Gasteiger partial charge in [-0.05, 0) is 37.8 Å². The molecule has 7 heteroatoms. The molecule has 1 N–H and O–H groups in total. The maximum absolute atomic E-state index is 13.5. The predicted molar refractivity (Wildman–Crippen MR) is 95.0 cm³/mol. The number of likely N-dealkylation sites (tertiary alicyclic amines) is 1. The number of alkyl halides is 2. The lowest BCUT2D eigenvalue weighted by atomic mass is 9.76. The van der Waals surface area contributed by atoms with Crippen LogP contribution in [0.25, 0.3) is 0 Å². The predicted octanol–water partition coefficient (Wildman–Crippen LogP) is 2.56. The van der Waals surface area contributed by atoms with Crippen molar-refractivity contribution in [3.05, 3.63) is 30.1 Å². The Bertz CT molecular complexity index is 727. The van der Waals surface area contributed by atoms with Crippen LogP contribution in [0.1, 0.15) is 44.2 Å². The number of rotatable bonds is 4. The molecule has 2 heterocycles. The van der Waals surface area contributed by atoms with Crippen molar-refractivity contribution in [2.75, 3.05) is 13.1 Å². The van der Waals surface area contributed by atoms with Crippen LogP contribution < -0.4 is 5.32 Å². The van der Waals surface area contributed by atoms with Gasteiger partial charge in [0.1, 0.15) is 0 Å². The summed E-state index contributed by atoms with van der Waals surface area (Å²) in [6, 6.07) is 4.47. The van der Waals surface area contributed by atoms with Gasteiger partial charge in [0.05, 0.1) is 12.5 Å². The van der Waals surface area contributed by atoms with Gasteiger partial charge >= 0.3 is 0 Å². The molecule has 5 nitrogen and oxygen atoms in total. The Morgan fingerprint density at radius 1 is 1.22 bits per heavy atom. The van der Waals surface area contributed by atoms with E-state index in [1.807, 2.05) is 23.1 Å². The summed E-state index contributed by atoms with van der Waals surface area (Å²) in [4.78, 5) is 31.4. The van der Waals surface area contributed by atoms with Gasteiger partial charge in [0.25, 0.3) is 5.92 Å². The third-order valence-electron chi connectivity index (χ3n) is 6.61. The molecule has 4 rings (SSSR count). The van der Waals surface area contributed by atoms with Crippen molar-refractivity contribution in [1.29, 1.82) is 0 Å². The lowest BCUT2D eigenvalue weighted by Crippen LogP contribution is -2.57. The zero-order valence-corrected chi connectivity index (χ0v) is 15.3. The van der Waals surface area contributed by atoms with Crippen LogP contribution in [-0.2, 0) is 16.0 Å². The molecule has 1 aliphatic heterocycles. The lowest BCUT2D eigenvalue weighted by molar-refractivity contribution is -0.142. The number of halogens is 2. The van der Waals surface area contributed by atoms with Gasteiger partial charge in [0.15, 0.2) is 0 Å². The van der Waals surface area contributed by atoms with Gasteiger partial charge in [-0.25, -0.2) is 8.78 Å². The Morgan fingerprint density at radius 2 is 2.07 bits per heavy atom. The van der Waals surface area contributed by atoms with E-state index < -0.39 is 12.0 Å². The molecule has 2 amide bonds. The lowest BCUT2D eigenvalue weighted by Gasteiger charge is -2.39. The van der Waals surface area contributed by atoms with E-state index in [1.54, 1.807) is 6.20 Å². The first-order valence-electron chi connectivity index (χ1n) is 9.76. The topological polar surface area (TPSA) is 62.3 Å². The largest absolute Gasteiger partial charge is 0.347 e. The summed E-state index contributed by atoms with van der Waals surface area (Å²) in [5, 5.41) is 2.58. The van der Waals surface area contributed by atoms with Crippen molar-refractivity contribution in [3.63, 3.8) is 0 Å². The van der Waals surface area contributed by atoms with E-state index in [4.69, 9.17) is 0 Å². The highest BCUT2D eigenvalue weighted by Gasteiger charge is 2.54. The molecule has 27 heavy (non-hydrogen) atoms. The van der Waals surface area contributed by atoms with Crippen molar-refractivity contribution in [2.24, 2.45) is 11.3 Å². The molecule has 1 spiro atoms. The minimum absolute atomic E-state index is 0.0159. The number of nitrogens with zero attached hydrogens (tertiary/aromatic N) is 2. The molecule has 3 fully saturated rings. The van der Waals surface area contributed by atoms with Crippen molar-refractivity contribution in [2.45, 2.75) is 56.9 Å². The van der Waals surface area contributed by atoms with Gasteiger partial charge < -0.3 is 10.2 Å². The summed E-state index contributed by atoms with van der Waals surface area (Å²) in [6.07, 6.45) is 5.37. The van der Waals surface area contributed by atoms with Crippen molar-refractivity contribution in [1.82, 2.24) is 15.2 Å². The average Bonchev–Trinajstić information content (AvgIpc) is 3.27. The highest BCUT2D eigenvalue weighted by atomic mass is 19.3. The molecule has 146 valence electrons. The minimum atomic E-state index is -2.78. The summed E-state index contributed by atoms with van der Waals surface area (Å²) in [7, 11) is 0. The first kappa shape index (κ1) is 18.3. The Kier molecular flexibility index (Phi) is 4.64. The maximum Gasteiger partial charge on any atom is 0.267 e. The second-order valence-corrected chi connectivity index (χ2v) is 8.23. The quantitative estimate of drug-likeness (QED) is 0.877. The van der Waals surface area contributed by atoms with E-state index in [2.05, 4.69) is 10.3 Å². The second-order valence-electron chi connectivity index (χ2n) is 8.23. The average molecular weight is 377 g/mol. The Balaban J connectivity index is 1.39. The van der Waals surface area contributed by atoms with E-state index in [9.17, 15) is 18.4 Å². The van der Waals surface area contributed by atoms with Crippen molar-refractivity contribution < 1.29 is 18.4 Å². The molecule has 0 radical (unpaired) electrons. The Labute approximate surface area is 157 Å². The van der Waals surface area contributed by atoms with Crippen LogP contribution in [0.4, 0.5) is 8.78 Å². The van der Waals surface area contributed by atoms with Gasteiger partial charge in [-0.3, -0.25) is 14.6 Å². The number of nitrogens with one attached hydrogen (secondary N) is 1. The van der Waals surface area contributed by atoms with Gasteiger partial charge in [-0.1, -0.05) is 12.5 Å². The van der Waals surface area contributed by atoms with E-state index in [0.29, 0.717) is 25.9 Å². The van der Waals surface area contributed by atoms with Crippen molar-refractivity contribution in [3.8, 4) is 0 Å². The molecule has 3 aliphatic rings. The summed E-state index contributed by atoms with van der Waals surface area (Å²) in [6.45, 7) is 1.16. The highest BCUT2D eigenvalue weighted by molar-refractivity contribution is 5.82. The number of carbonyl (C=O) groups is 2. The monoisotopic (exact) mass is 377 g/mol. The summed E-state index contributed by atoms with van der Waals surface area (Å²) >= 11 is 0. The fourth-order valence-corrected chi connectivity index (χ4v) is 4.87. The van der Waals surface area contributed by atoms with Crippen LogP contribution >= 0.6 is 0 Å².